The molecule has 2 rings (SSSR count). The fraction of sp³-hybridized carbons (Fsp3) is 0.385. The molecule has 0 radical (unpaired) electrons. The van der Waals surface area contributed by atoms with E-state index in [1.54, 1.807) is 11.0 Å². The van der Waals surface area contributed by atoms with Crippen LogP contribution in [0.4, 0.5) is 17.1 Å². The van der Waals surface area contributed by atoms with Gasteiger partial charge in [0.2, 0.25) is 0 Å². The van der Waals surface area contributed by atoms with Crippen LogP contribution in [0.2, 0.25) is 0 Å². The summed E-state index contributed by atoms with van der Waals surface area (Å²) in [5, 5.41) is 10.8. The number of ketones is 2. The average molecular weight is 659 g/mol. The molecule has 1 unspecified atom stereocenters. The third-order valence-corrected chi connectivity index (χ3v) is 3.17. The van der Waals surface area contributed by atoms with E-state index in [4.69, 9.17) is 0 Å². The van der Waals surface area contributed by atoms with Crippen LogP contribution in [0, 0.1) is 10.1 Å². The number of non-ortho nitro benzene ring substituents is 1. The molecule has 1 aromatic rings. The molecule has 0 spiro atoms. The van der Waals surface area contributed by atoms with Crippen LogP contribution in [-0.2, 0) is 9.59 Å². The van der Waals surface area contributed by atoms with Gasteiger partial charge in [0.25, 0.3) is 5.69 Å². The molecule has 1 aromatic carbocycles. The van der Waals surface area contributed by atoms with Crippen LogP contribution in [0.25, 0.3) is 0 Å². The minimum absolute atomic E-state index is 0.0126. The van der Waals surface area contributed by atoms with Crippen LogP contribution in [0.1, 0.15) is 13.8 Å². The molecule has 0 saturated carbocycles. The van der Waals surface area contributed by atoms with Gasteiger partial charge in [-0.25, -0.2) is 0 Å². The summed E-state index contributed by atoms with van der Waals surface area (Å²) >= 11 is 5.30. The van der Waals surface area contributed by atoms with Crippen LogP contribution in [0.15, 0.2) is 18.2 Å². The van der Waals surface area contributed by atoms with E-state index in [0.717, 1.165) is 10.6 Å². The zero-order valence-corrected chi connectivity index (χ0v) is 19.0. The number of anilines is 1. The fourth-order valence-corrected chi connectivity index (χ4v) is 2.46. The quantitative estimate of drug-likeness (QED) is 0.246. The molecule has 7 nitrogen and oxygen atoms in total. The Kier molecular flexibility index (Phi) is 9.13. The molecule has 1 atom stereocenters. The number of carbonyl (C=O) groups excluding carboxylic acids is 2. The third-order valence-electron chi connectivity index (χ3n) is 3.17. The number of hydrogen-bond acceptors (Lipinski definition) is 5. The first-order valence-electron chi connectivity index (χ1n) is 6.54. The zero-order valence-electron chi connectivity index (χ0n) is 12.5. The van der Waals surface area contributed by atoms with Gasteiger partial charge in [-0.3, -0.25) is 24.6 Å². The van der Waals surface area contributed by atoms with Crippen molar-refractivity contribution in [3.63, 3.8) is 0 Å². The first-order chi connectivity index (χ1) is 10.8. The van der Waals surface area contributed by atoms with E-state index in [0.29, 0.717) is 32.2 Å². The summed E-state index contributed by atoms with van der Waals surface area (Å²) in [6.45, 7) is 3.94. The first kappa shape index (κ1) is 21.0. The Morgan fingerprint density at radius 1 is 1.35 bits per heavy atom. The number of nitrogens with zero attached hydrogens (tertiary/aromatic N) is 2. The monoisotopic (exact) mass is 659 g/mol. The Labute approximate surface area is 163 Å². The molecular formula is C13H16I3N3O4. The third kappa shape index (κ3) is 6.38. The molecule has 0 aliphatic carbocycles. The Hall–Kier alpha value is -0.0900. The van der Waals surface area contributed by atoms with Crippen LogP contribution < -0.4 is 23.1 Å². The molecule has 128 valence electrons. The minimum atomic E-state index is -0.463. The molecule has 10 heteroatoms. The predicted molar refractivity (Wildman–Crippen MR) is 100 cm³/mol. The predicted octanol–water partition coefficient (Wildman–Crippen LogP) is -1.16. The van der Waals surface area contributed by atoms with Gasteiger partial charge in [-0.1, -0.05) is 0 Å². The van der Waals surface area contributed by atoms with Gasteiger partial charge in [-0.05, 0) is 6.92 Å². The number of benzene rings is 1. The Balaban J connectivity index is 0.000000816. The van der Waals surface area contributed by atoms with Crippen molar-refractivity contribution in [2.24, 2.45) is 0 Å². The van der Waals surface area contributed by atoms with Gasteiger partial charge in [-0.2, -0.15) is 0 Å². The molecule has 1 N–H and O–H groups in total. The molecular weight excluding hydrogens is 643 g/mol. The molecule has 23 heavy (non-hydrogen) atoms. The van der Waals surface area contributed by atoms with Crippen molar-refractivity contribution in [3.8, 4) is 0 Å². The number of quaternary nitrogens is 1. The Bertz CT molecular complexity index is 612. The molecule has 0 fully saturated rings. The van der Waals surface area contributed by atoms with Gasteiger partial charge >= 0.3 is 50.5 Å². The number of carbonyl (C=O) groups is 2. The Morgan fingerprint density at radius 2 is 1.96 bits per heavy atom. The van der Waals surface area contributed by atoms with E-state index in [-0.39, 0.29) is 23.8 Å². The van der Waals surface area contributed by atoms with Gasteiger partial charge < -0.3 is 4.90 Å². The van der Waals surface area contributed by atoms with E-state index in [9.17, 15) is 19.7 Å². The van der Waals surface area contributed by atoms with E-state index in [1.807, 2.05) is 0 Å². The molecule has 0 bridgehead atoms. The van der Waals surface area contributed by atoms with Crippen LogP contribution in [0.5, 0.6) is 0 Å². The Morgan fingerprint density at radius 3 is 2.43 bits per heavy atom. The summed E-state index contributed by atoms with van der Waals surface area (Å²) < 4.78 is 0. The number of nitro benzene ring substituents is 1. The van der Waals surface area contributed by atoms with Crippen molar-refractivity contribution in [1.29, 1.82) is 0 Å². The number of nitro groups is 1. The number of rotatable bonds is 5. The van der Waals surface area contributed by atoms with Gasteiger partial charge in [0.05, 0.1) is 11.5 Å². The van der Waals surface area contributed by atoms with Crippen molar-refractivity contribution in [1.82, 2.24) is 0 Å². The topological polar surface area (TPSA) is 85.0 Å². The maximum atomic E-state index is 11.3. The average Bonchev–Trinajstić information content (AvgIpc) is 2.75. The van der Waals surface area contributed by atoms with E-state index in [1.165, 1.54) is 26.0 Å². The molecule has 0 saturated heterocycles. The van der Waals surface area contributed by atoms with Crippen molar-refractivity contribution in [2.75, 3.05) is 24.7 Å². The molecule has 0 amide bonds. The van der Waals surface area contributed by atoms with Gasteiger partial charge in [0, 0.05) is 25.1 Å². The fourth-order valence-electron chi connectivity index (χ4n) is 2.46. The standard InChI is InChI=1S/C13H15N3O4.I3/c1-9(17)6-14-8-15(7-10(2)18)13-5-11(16(19)20)3-4-12(13)14;1-3-2/h3-5H,6-8H2,1-2H3;/q;-1/p+1. The van der Waals surface area contributed by atoms with E-state index in [2.05, 4.69) is 37.2 Å². The number of halogens is 3. The summed E-state index contributed by atoms with van der Waals surface area (Å²) in [6.07, 6.45) is 0. The van der Waals surface area contributed by atoms with Crippen molar-refractivity contribution >= 4 is 65.9 Å². The van der Waals surface area contributed by atoms with Crippen LogP contribution in [-0.4, -0.2) is 36.2 Å². The number of Topliss-reactive ketones (excluding diaryl/α,β-unsaturated/α-hetero) is 2. The molecule has 1 aliphatic rings. The summed E-state index contributed by atoms with van der Waals surface area (Å²) in [5.41, 5.74) is 1.47. The second-order valence-corrected chi connectivity index (χ2v) is 21.3. The maximum absolute atomic E-state index is 11.3. The second-order valence-electron chi connectivity index (χ2n) is 5.05. The van der Waals surface area contributed by atoms with Gasteiger partial charge in [-0.15, -0.1) is 0 Å². The normalized spacial score (nSPS) is 15.7. The molecule has 1 aliphatic heterocycles. The van der Waals surface area contributed by atoms with Crippen LogP contribution in [0.3, 0.4) is 0 Å². The number of hydrogen-bond donors (Lipinski definition) is 1. The zero-order chi connectivity index (χ0) is 17.6. The van der Waals surface area contributed by atoms with Gasteiger partial charge in [0.1, 0.15) is 18.0 Å². The number of fused-ring (bicyclic) bond motifs is 1. The summed E-state index contributed by atoms with van der Waals surface area (Å²) in [7, 11) is 0. The van der Waals surface area contributed by atoms with Crippen LogP contribution >= 0.6 is 37.2 Å². The SMILES string of the molecule is CC(=O)CN1C[NH+](CC(C)=O)c2ccc([N+](=O)[O-])cc21.I[I-]I. The molecule has 1 heterocycles. The summed E-state index contributed by atoms with van der Waals surface area (Å²) in [4.78, 5) is 35.7. The summed E-state index contributed by atoms with van der Waals surface area (Å²) in [5.74, 6) is 0.0144. The number of nitrogens with one attached hydrogen (secondary N) is 1. The molecule has 0 aromatic heterocycles. The van der Waals surface area contributed by atoms with E-state index >= 15 is 0 Å². The van der Waals surface area contributed by atoms with Crippen molar-refractivity contribution in [2.45, 2.75) is 13.8 Å². The summed E-state index contributed by atoms with van der Waals surface area (Å²) in [6, 6.07) is 4.55. The van der Waals surface area contributed by atoms with Gasteiger partial charge in [0.15, 0.2) is 18.1 Å². The van der Waals surface area contributed by atoms with E-state index < -0.39 is 4.92 Å². The van der Waals surface area contributed by atoms with Crippen molar-refractivity contribution < 1.29 is 32.7 Å². The first-order valence-corrected chi connectivity index (χ1v) is 19.1. The second kappa shape index (κ2) is 10.0. The van der Waals surface area contributed by atoms with Crippen molar-refractivity contribution in [3.05, 3.63) is 28.3 Å².